The largest absolute Gasteiger partial charge is 0.469 e. The van der Waals surface area contributed by atoms with E-state index >= 15 is 0 Å². The van der Waals surface area contributed by atoms with Gasteiger partial charge in [-0.15, -0.1) is 0 Å². The van der Waals surface area contributed by atoms with Crippen LogP contribution in [0.1, 0.15) is 42.5 Å². The van der Waals surface area contributed by atoms with Crippen molar-refractivity contribution in [3.8, 4) is 0 Å². The van der Waals surface area contributed by atoms with Gasteiger partial charge in [-0.05, 0) is 25.0 Å². The van der Waals surface area contributed by atoms with E-state index in [2.05, 4.69) is 4.74 Å². The minimum atomic E-state index is -0.524. The first-order chi connectivity index (χ1) is 10.1. The maximum Gasteiger partial charge on any atom is 0.307 e. The van der Waals surface area contributed by atoms with Crippen molar-refractivity contribution in [1.82, 2.24) is 4.90 Å². The van der Waals surface area contributed by atoms with Crippen LogP contribution in [-0.4, -0.2) is 36.5 Å². The molecule has 1 saturated carbocycles. The number of carbonyl (C=O) groups is 2. The highest BCUT2D eigenvalue weighted by Crippen LogP contribution is 2.25. The predicted molar refractivity (Wildman–Crippen MR) is 76.3 cm³/mol. The van der Waals surface area contributed by atoms with Gasteiger partial charge in [-0.3, -0.25) is 9.59 Å². The van der Waals surface area contributed by atoms with Gasteiger partial charge < -0.3 is 9.64 Å². The van der Waals surface area contributed by atoms with E-state index in [-0.39, 0.29) is 36.4 Å². The van der Waals surface area contributed by atoms with Gasteiger partial charge in [0.2, 0.25) is 0 Å². The summed E-state index contributed by atoms with van der Waals surface area (Å²) in [6.45, 7) is 0.268. The van der Waals surface area contributed by atoms with Gasteiger partial charge >= 0.3 is 5.97 Å². The van der Waals surface area contributed by atoms with Gasteiger partial charge in [0.05, 0.1) is 19.1 Å². The summed E-state index contributed by atoms with van der Waals surface area (Å²) in [5, 5.41) is 0. The Hall–Kier alpha value is -1.91. The number of halogens is 1. The molecule has 1 fully saturated rings. The van der Waals surface area contributed by atoms with Crippen LogP contribution in [0.4, 0.5) is 4.39 Å². The molecule has 0 saturated heterocycles. The van der Waals surface area contributed by atoms with Crippen molar-refractivity contribution < 1.29 is 18.7 Å². The van der Waals surface area contributed by atoms with E-state index in [1.807, 2.05) is 0 Å². The van der Waals surface area contributed by atoms with E-state index in [9.17, 15) is 14.0 Å². The standard InChI is InChI=1S/C16H20FNO3/c1-21-15(19)10-11-18(12-6-2-3-7-12)16(20)13-8-4-5-9-14(13)17/h4-5,8-9,12H,2-3,6-7,10-11H2,1H3. The van der Waals surface area contributed by atoms with E-state index < -0.39 is 5.82 Å². The number of hydrogen-bond acceptors (Lipinski definition) is 3. The molecule has 0 aliphatic heterocycles. The molecule has 1 aliphatic carbocycles. The van der Waals surface area contributed by atoms with Crippen LogP contribution in [0.25, 0.3) is 0 Å². The molecule has 0 spiro atoms. The quantitative estimate of drug-likeness (QED) is 0.784. The number of methoxy groups -OCH3 is 1. The van der Waals surface area contributed by atoms with Crippen molar-refractivity contribution in [2.45, 2.75) is 38.1 Å². The zero-order valence-electron chi connectivity index (χ0n) is 12.2. The number of amides is 1. The van der Waals surface area contributed by atoms with Crippen LogP contribution < -0.4 is 0 Å². The van der Waals surface area contributed by atoms with Gasteiger partial charge in [0.25, 0.3) is 5.91 Å². The van der Waals surface area contributed by atoms with Crippen molar-refractivity contribution in [3.63, 3.8) is 0 Å². The Morgan fingerprint density at radius 2 is 1.95 bits per heavy atom. The number of nitrogens with zero attached hydrogens (tertiary/aromatic N) is 1. The highest BCUT2D eigenvalue weighted by molar-refractivity contribution is 5.95. The minimum absolute atomic E-state index is 0.0641. The maximum atomic E-state index is 13.8. The summed E-state index contributed by atoms with van der Waals surface area (Å²) in [4.78, 5) is 25.5. The van der Waals surface area contributed by atoms with Gasteiger partial charge in [-0.2, -0.15) is 0 Å². The Morgan fingerprint density at radius 3 is 2.57 bits per heavy atom. The van der Waals surface area contributed by atoms with Crippen LogP contribution in [0.15, 0.2) is 24.3 Å². The monoisotopic (exact) mass is 293 g/mol. The van der Waals surface area contributed by atoms with Crippen LogP contribution in [-0.2, 0) is 9.53 Å². The van der Waals surface area contributed by atoms with Crippen molar-refractivity contribution in [3.05, 3.63) is 35.6 Å². The third kappa shape index (κ3) is 3.80. The lowest BCUT2D eigenvalue weighted by molar-refractivity contribution is -0.140. The SMILES string of the molecule is COC(=O)CCN(C(=O)c1ccccc1F)C1CCCC1. The Bertz CT molecular complexity index is 512. The second-order valence-corrected chi connectivity index (χ2v) is 5.24. The molecule has 1 aliphatic rings. The fraction of sp³-hybridized carbons (Fsp3) is 0.500. The summed E-state index contributed by atoms with van der Waals surface area (Å²) < 4.78 is 18.4. The zero-order valence-corrected chi connectivity index (χ0v) is 12.2. The summed E-state index contributed by atoms with van der Waals surface area (Å²) in [6.07, 6.45) is 4.06. The van der Waals surface area contributed by atoms with E-state index in [4.69, 9.17) is 0 Å². The number of benzene rings is 1. The lowest BCUT2D eigenvalue weighted by atomic mass is 10.1. The van der Waals surface area contributed by atoms with E-state index in [1.54, 1.807) is 17.0 Å². The normalized spacial score (nSPS) is 15.0. The second-order valence-electron chi connectivity index (χ2n) is 5.24. The lowest BCUT2D eigenvalue weighted by Crippen LogP contribution is -2.40. The van der Waals surface area contributed by atoms with Crippen LogP contribution >= 0.6 is 0 Å². The van der Waals surface area contributed by atoms with Gasteiger partial charge in [-0.25, -0.2) is 4.39 Å². The summed E-state index contributed by atoms with van der Waals surface area (Å²) in [5.74, 6) is -1.23. The Kier molecular flexibility index (Phi) is 5.31. The number of ether oxygens (including phenoxy) is 1. The van der Waals surface area contributed by atoms with Gasteiger partial charge in [-0.1, -0.05) is 25.0 Å². The summed E-state index contributed by atoms with van der Waals surface area (Å²) in [5.41, 5.74) is 0.0641. The molecule has 1 amide bonds. The van der Waals surface area contributed by atoms with Crippen LogP contribution in [0.3, 0.4) is 0 Å². The van der Waals surface area contributed by atoms with Gasteiger partial charge in [0, 0.05) is 12.6 Å². The number of carbonyl (C=O) groups excluding carboxylic acids is 2. The Morgan fingerprint density at radius 1 is 1.29 bits per heavy atom. The van der Waals surface area contributed by atoms with Crippen LogP contribution in [0.5, 0.6) is 0 Å². The third-order valence-corrected chi connectivity index (χ3v) is 3.92. The van der Waals surface area contributed by atoms with Crippen molar-refractivity contribution >= 4 is 11.9 Å². The topological polar surface area (TPSA) is 46.6 Å². The molecule has 2 rings (SSSR count). The van der Waals surface area contributed by atoms with Crippen molar-refractivity contribution in [1.29, 1.82) is 0 Å². The highest BCUT2D eigenvalue weighted by atomic mass is 19.1. The van der Waals surface area contributed by atoms with Crippen LogP contribution in [0.2, 0.25) is 0 Å². The third-order valence-electron chi connectivity index (χ3n) is 3.92. The fourth-order valence-corrected chi connectivity index (χ4v) is 2.77. The summed E-state index contributed by atoms with van der Waals surface area (Å²) >= 11 is 0. The summed E-state index contributed by atoms with van der Waals surface area (Å²) in [7, 11) is 1.32. The smallest absolute Gasteiger partial charge is 0.307 e. The molecule has 0 bridgehead atoms. The molecule has 21 heavy (non-hydrogen) atoms. The first kappa shape index (κ1) is 15.5. The van der Waals surface area contributed by atoms with Gasteiger partial charge in [0.1, 0.15) is 5.82 Å². The van der Waals surface area contributed by atoms with Crippen LogP contribution in [0, 0.1) is 5.82 Å². The predicted octanol–water partition coefficient (Wildman–Crippen LogP) is 2.77. The first-order valence-electron chi connectivity index (χ1n) is 7.26. The first-order valence-corrected chi connectivity index (χ1v) is 7.26. The number of esters is 1. The molecule has 0 heterocycles. The molecule has 0 radical (unpaired) electrons. The van der Waals surface area contributed by atoms with E-state index in [0.717, 1.165) is 25.7 Å². The molecular weight excluding hydrogens is 273 g/mol. The minimum Gasteiger partial charge on any atom is -0.469 e. The van der Waals surface area contributed by atoms with E-state index in [1.165, 1.54) is 19.2 Å². The molecule has 114 valence electrons. The Labute approximate surface area is 123 Å². The van der Waals surface area contributed by atoms with Gasteiger partial charge in [0.15, 0.2) is 0 Å². The van der Waals surface area contributed by atoms with E-state index in [0.29, 0.717) is 0 Å². The highest BCUT2D eigenvalue weighted by Gasteiger charge is 2.29. The molecule has 1 aromatic carbocycles. The summed E-state index contributed by atoms with van der Waals surface area (Å²) in [6, 6.07) is 6.05. The van der Waals surface area contributed by atoms with Crippen molar-refractivity contribution in [2.75, 3.05) is 13.7 Å². The fourth-order valence-electron chi connectivity index (χ4n) is 2.77. The molecule has 1 aromatic rings. The number of hydrogen-bond donors (Lipinski definition) is 0. The molecule has 0 aromatic heterocycles. The Balaban J connectivity index is 2.15. The molecule has 0 N–H and O–H groups in total. The zero-order chi connectivity index (χ0) is 15.2. The lowest BCUT2D eigenvalue weighted by Gasteiger charge is -2.29. The molecular formula is C16H20FNO3. The molecule has 4 nitrogen and oxygen atoms in total. The molecule has 5 heteroatoms. The molecule has 0 unspecified atom stereocenters. The van der Waals surface area contributed by atoms with Crippen molar-refractivity contribution in [2.24, 2.45) is 0 Å². The average Bonchev–Trinajstić information content (AvgIpc) is 3.01. The maximum absolute atomic E-state index is 13.8. The second kappa shape index (κ2) is 7.20. The molecule has 0 atom stereocenters. The number of rotatable bonds is 5. The average molecular weight is 293 g/mol.